The molecule has 126 valence electrons. The summed E-state index contributed by atoms with van der Waals surface area (Å²) >= 11 is 0. The second-order valence-corrected chi connectivity index (χ2v) is 6.63. The van der Waals surface area contributed by atoms with Crippen molar-refractivity contribution in [2.24, 2.45) is 5.73 Å². The zero-order valence-electron chi connectivity index (χ0n) is 14.1. The summed E-state index contributed by atoms with van der Waals surface area (Å²) in [5.74, 6) is 0.288. The Morgan fingerprint density at radius 2 is 1.46 bits per heavy atom. The largest absolute Gasteiger partial charge is 0.351 e. The Hall–Kier alpha value is -2.29. The summed E-state index contributed by atoms with van der Waals surface area (Å²) in [6.45, 7) is 0.717. The molecule has 0 unspecified atom stereocenters. The van der Waals surface area contributed by atoms with E-state index in [2.05, 4.69) is 48.5 Å². The van der Waals surface area contributed by atoms with Gasteiger partial charge in [0.1, 0.15) is 0 Å². The average Bonchev–Trinajstić information content (AvgIpc) is 3.14. The number of carbonyl (C=O) groups is 1. The predicted molar refractivity (Wildman–Crippen MR) is 97.9 cm³/mol. The minimum atomic E-state index is -0.276. The van der Waals surface area contributed by atoms with Gasteiger partial charge in [-0.05, 0) is 30.4 Å². The molecule has 3 rings (SSSR count). The molecule has 2 aromatic carbocycles. The van der Waals surface area contributed by atoms with Crippen LogP contribution < -0.4 is 5.73 Å². The van der Waals surface area contributed by atoms with Crippen LogP contribution in [-0.2, 0) is 0 Å². The van der Waals surface area contributed by atoms with Gasteiger partial charge in [0, 0.05) is 18.5 Å². The van der Waals surface area contributed by atoms with Gasteiger partial charge in [0.05, 0.1) is 0 Å². The molecule has 24 heavy (non-hydrogen) atoms. The van der Waals surface area contributed by atoms with E-state index in [9.17, 15) is 4.79 Å². The van der Waals surface area contributed by atoms with Crippen LogP contribution in [0.3, 0.4) is 0 Å². The van der Waals surface area contributed by atoms with Crippen molar-refractivity contribution in [3.63, 3.8) is 0 Å². The van der Waals surface area contributed by atoms with Gasteiger partial charge < -0.3 is 10.6 Å². The normalized spacial score (nSPS) is 14.9. The molecule has 1 aliphatic rings. The fourth-order valence-corrected chi connectivity index (χ4v) is 3.85. The number of benzene rings is 2. The van der Waals surface area contributed by atoms with Gasteiger partial charge in [-0.15, -0.1) is 0 Å². The second kappa shape index (κ2) is 8.00. The minimum Gasteiger partial charge on any atom is -0.351 e. The van der Waals surface area contributed by atoms with Crippen LogP contribution in [0.1, 0.15) is 49.1 Å². The van der Waals surface area contributed by atoms with Crippen LogP contribution >= 0.6 is 0 Å². The molecule has 1 aliphatic carbocycles. The summed E-state index contributed by atoms with van der Waals surface area (Å²) in [7, 11) is 0. The Labute approximate surface area is 144 Å². The van der Waals surface area contributed by atoms with Crippen LogP contribution in [0.2, 0.25) is 0 Å². The number of rotatable bonds is 6. The summed E-state index contributed by atoms with van der Waals surface area (Å²) in [6, 6.07) is 21.1. The van der Waals surface area contributed by atoms with Crippen LogP contribution in [0, 0.1) is 0 Å². The average molecular weight is 322 g/mol. The molecule has 2 aromatic rings. The van der Waals surface area contributed by atoms with E-state index in [1.807, 2.05) is 17.0 Å². The van der Waals surface area contributed by atoms with Crippen LogP contribution in [0.4, 0.5) is 4.79 Å². The molecule has 0 heterocycles. The maximum Gasteiger partial charge on any atom is 0.315 e. The summed E-state index contributed by atoms with van der Waals surface area (Å²) in [5, 5.41) is 0. The highest BCUT2D eigenvalue weighted by Crippen LogP contribution is 2.30. The van der Waals surface area contributed by atoms with Crippen molar-refractivity contribution in [2.75, 3.05) is 6.54 Å². The monoisotopic (exact) mass is 322 g/mol. The Kier molecular flexibility index (Phi) is 5.52. The van der Waals surface area contributed by atoms with Gasteiger partial charge in [0.2, 0.25) is 0 Å². The maximum absolute atomic E-state index is 11.9. The van der Waals surface area contributed by atoms with Crippen LogP contribution in [0.15, 0.2) is 60.7 Å². The van der Waals surface area contributed by atoms with E-state index in [0.717, 1.165) is 19.3 Å². The van der Waals surface area contributed by atoms with Gasteiger partial charge in [0.25, 0.3) is 0 Å². The molecular weight excluding hydrogens is 296 g/mol. The lowest BCUT2D eigenvalue weighted by molar-refractivity contribution is 0.182. The number of urea groups is 1. The van der Waals surface area contributed by atoms with Crippen LogP contribution in [-0.4, -0.2) is 23.5 Å². The Morgan fingerprint density at radius 1 is 0.958 bits per heavy atom. The SMILES string of the molecule is NC(=O)N(CCC(c1ccccc1)c1ccccc1)C1CCCC1. The molecule has 0 spiro atoms. The van der Waals surface area contributed by atoms with Crippen molar-refractivity contribution < 1.29 is 4.79 Å². The van der Waals surface area contributed by atoms with Crippen LogP contribution in [0.25, 0.3) is 0 Å². The van der Waals surface area contributed by atoms with Crippen LogP contribution in [0.5, 0.6) is 0 Å². The van der Waals surface area contributed by atoms with Crippen molar-refractivity contribution in [1.29, 1.82) is 0 Å². The molecule has 0 atom stereocenters. The van der Waals surface area contributed by atoms with Gasteiger partial charge in [-0.3, -0.25) is 0 Å². The molecule has 0 aromatic heterocycles. The van der Waals surface area contributed by atoms with Gasteiger partial charge in [-0.2, -0.15) is 0 Å². The van der Waals surface area contributed by atoms with E-state index in [1.165, 1.54) is 24.0 Å². The molecule has 3 heteroatoms. The molecule has 2 N–H and O–H groups in total. The lowest BCUT2D eigenvalue weighted by Crippen LogP contribution is -2.43. The van der Waals surface area contributed by atoms with E-state index in [1.54, 1.807) is 0 Å². The van der Waals surface area contributed by atoms with Gasteiger partial charge in [-0.25, -0.2) is 4.79 Å². The van der Waals surface area contributed by atoms with Crippen molar-refractivity contribution in [3.05, 3.63) is 71.8 Å². The lowest BCUT2D eigenvalue weighted by Gasteiger charge is -2.29. The number of nitrogens with two attached hydrogens (primary N) is 1. The molecular formula is C21H26N2O. The standard InChI is InChI=1S/C21H26N2O/c22-21(24)23(19-13-7-8-14-19)16-15-20(17-9-3-1-4-10-17)18-11-5-2-6-12-18/h1-6,9-12,19-20H,7-8,13-16H2,(H2,22,24). The summed E-state index contributed by atoms with van der Waals surface area (Å²) in [4.78, 5) is 13.8. The lowest BCUT2D eigenvalue weighted by atomic mass is 9.88. The van der Waals surface area contributed by atoms with Gasteiger partial charge in [-0.1, -0.05) is 73.5 Å². The first kappa shape index (κ1) is 16.6. The van der Waals surface area contributed by atoms with Gasteiger partial charge in [0.15, 0.2) is 0 Å². The van der Waals surface area contributed by atoms with E-state index >= 15 is 0 Å². The van der Waals surface area contributed by atoms with Crippen molar-refractivity contribution >= 4 is 6.03 Å². The molecule has 0 bridgehead atoms. The van der Waals surface area contributed by atoms with Crippen molar-refractivity contribution in [3.8, 4) is 0 Å². The molecule has 0 radical (unpaired) electrons. The molecule has 0 aliphatic heterocycles. The summed E-state index contributed by atoms with van der Waals surface area (Å²) in [5.41, 5.74) is 8.25. The highest BCUT2D eigenvalue weighted by molar-refractivity contribution is 5.72. The molecule has 3 nitrogen and oxygen atoms in total. The quantitative estimate of drug-likeness (QED) is 0.834. The second-order valence-electron chi connectivity index (χ2n) is 6.63. The minimum absolute atomic E-state index is 0.276. The first-order valence-electron chi connectivity index (χ1n) is 8.91. The number of hydrogen-bond acceptors (Lipinski definition) is 1. The number of hydrogen-bond donors (Lipinski definition) is 1. The smallest absolute Gasteiger partial charge is 0.315 e. The first-order chi connectivity index (χ1) is 11.8. The highest BCUT2D eigenvalue weighted by atomic mass is 16.2. The number of carbonyl (C=O) groups excluding carboxylic acids is 1. The van der Waals surface area contributed by atoms with E-state index in [4.69, 9.17) is 5.73 Å². The van der Waals surface area contributed by atoms with E-state index < -0.39 is 0 Å². The zero-order chi connectivity index (χ0) is 16.8. The zero-order valence-corrected chi connectivity index (χ0v) is 14.1. The first-order valence-corrected chi connectivity index (χ1v) is 8.91. The maximum atomic E-state index is 11.9. The van der Waals surface area contributed by atoms with E-state index in [-0.39, 0.29) is 11.9 Å². The van der Waals surface area contributed by atoms with Crippen molar-refractivity contribution in [2.45, 2.75) is 44.1 Å². The fourth-order valence-electron chi connectivity index (χ4n) is 3.85. The molecule has 1 saturated carbocycles. The fraction of sp³-hybridized carbons (Fsp3) is 0.381. The third-order valence-corrected chi connectivity index (χ3v) is 5.11. The highest BCUT2D eigenvalue weighted by Gasteiger charge is 2.26. The summed E-state index contributed by atoms with van der Waals surface area (Å²) < 4.78 is 0. The Bertz CT molecular complexity index is 596. The Balaban J connectivity index is 1.77. The van der Waals surface area contributed by atoms with Gasteiger partial charge >= 0.3 is 6.03 Å². The number of primary amides is 1. The molecule has 2 amide bonds. The third kappa shape index (κ3) is 3.97. The number of nitrogens with zero attached hydrogens (tertiary/aromatic N) is 1. The van der Waals surface area contributed by atoms with Crippen molar-refractivity contribution in [1.82, 2.24) is 4.90 Å². The topological polar surface area (TPSA) is 46.3 Å². The molecule has 1 fully saturated rings. The third-order valence-electron chi connectivity index (χ3n) is 5.11. The summed E-state index contributed by atoms with van der Waals surface area (Å²) in [6.07, 6.45) is 5.48. The number of amides is 2. The Morgan fingerprint density at radius 3 is 1.92 bits per heavy atom. The predicted octanol–water partition coefficient (Wildman–Crippen LogP) is 4.53. The van der Waals surface area contributed by atoms with E-state index in [0.29, 0.717) is 12.6 Å². The molecule has 0 saturated heterocycles.